The molecule has 1 atom stereocenters. The molecule has 2 aromatic rings. The van der Waals surface area contributed by atoms with Gasteiger partial charge in [0.25, 0.3) is 11.9 Å². The van der Waals surface area contributed by atoms with Gasteiger partial charge in [-0.1, -0.05) is 30.3 Å². The third-order valence-electron chi connectivity index (χ3n) is 2.75. The van der Waals surface area contributed by atoms with Crippen LogP contribution in [-0.4, -0.2) is 19.0 Å². The molecule has 1 aromatic heterocycles. The van der Waals surface area contributed by atoms with Gasteiger partial charge in [-0.3, -0.25) is 10.1 Å². The molecular weight excluding hydrogens is 256 g/mol. The number of rotatable bonds is 3. The number of ether oxygens (including phenoxy) is 1. The van der Waals surface area contributed by atoms with Crippen molar-refractivity contribution in [1.82, 2.24) is 5.32 Å². The molecule has 1 heterocycles. The Bertz CT molecular complexity index is 576. The van der Waals surface area contributed by atoms with Gasteiger partial charge in [-0.2, -0.15) is 0 Å². The van der Waals surface area contributed by atoms with Crippen molar-refractivity contribution in [2.24, 2.45) is 4.99 Å². The van der Waals surface area contributed by atoms with Gasteiger partial charge in [-0.15, -0.1) is 0 Å². The summed E-state index contributed by atoms with van der Waals surface area (Å²) in [4.78, 5) is 16.2. The Kier molecular flexibility index (Phi) is 4.55. The highest BCUT2D eigenvalue weighted by Crippen LogP contribution is 2.15. The van der Waals surface area contributed by atoms with E-state index in [1.54, 1.807) is 12.1 Å². The van der Waals surface area contributed by atoms with Crippen molar-refractivity contribution in [1.29, 1.82) is 0 Å². The molecule has 1 N–H and O–H groups in total. The normalized spacial score (nSPS) is 12.8. The zero-order valence-corrected chi connectivity index (χ0v) is 11.4. The van der Waals surface area contributed by atoms with Crippen molar-refractivity contribution in [3.05, 3.63) is 60.1 Å². The topological polar surface area (TPSA) is 63.8 Å². The molecule has 1 amide bonds. The summed E-state index contributed by atoms with van der Waals surface area (Å²) in [7, 11) is 1.46. The number of amides is 1. The lowest BCUT2D eigenvalue weighted by Gasteiger charge is -2.10. The fourth-order valence-electron chi connectivity index (χ4n) is 1.68. The Balaban J connectivity index is 2.08. The van der Waals surface area contributed by atoms with Crippen LogP contribution in [-0.2, 0) is 4.74 Å². The van der Waals surface area contributed by atoms with E-state index in [2.05, 4.69) is 10.3 Å². The van der Waals surface area contributed by atoms with E-state index < -0.39 is 5.91 Å². The lowest BCUT2D eigenvalue weighted by molar-refractivity contribution is 0.0941. The Morgan fingerprint density at radius 1 is 1.25 bits per heavy atom. The van der Waals surface area contributed by atoms with Crippen LogP contribution in [0.15, 0.2) is 58.1 Å². The summed E-state index contributed by atoms with van der Waals surface area (Å²) in [6.07, 6.45) is 1.44. The van der Waals surface area contributed by atoms with E-state index in [0.29, 0.717) is 0 Å². The summed E-state index contributed by atoms with van der Waals surface area (Å²) in [5, 5.41) is 2.56. The Morgan fingerprint density at radius 2 is 2.00 bits per heavy atom. The zero-order valence-electron chi connectivity index (χ0n) is 11.4. The fourth-order valence-corrected chi connectivity index (χ4v) is 1.68. The molecule has 0 fully saturated rings. The van der Waals surface area contributed by atoms with Crippen LogP contribution in [0.4, 0.5) is 0 Å². The van der Waals surface area contributed by atoms with Crippen LogP contribution in [0.25, 0.3) is 0 Å². The molecule has 0 saturated carbocycles. The highest BCUT2D eigenvalue weighted by molar-refractivity contribution is 6.02. The van der Waals surface area contributed by atoms with Crippen molar-refractivity contribution < 1.29 is 13.9 Å². The van der Waals surface area contributed by atoms with Gasteiger partial charge in [0.05, 0.1) is 19.4 Å². The highest BCUT2D eigenvalue weighted by atomic mass is 16.5. The first kappa shape index (κ1) is 13.9. The second-order valence-corrected chi connectivity index (χ2v) is 4.16. The van der Waals surface area contributed by atoms with Gasteiger partial charge in [-0.25, -0.2) is 4.99 Å². The second kappa shape index (κ2) is 6.56. The van der Waals surface area contributed by atoms with Crippen LogP contribution >= 0.6 is 0 Å². The molecule has 2 rings (SSSR count). The van der Waals surface area contributed by atoms with Gasteiger partial charge in [-0.05, 0) is 24.6 Å². The number of benzene rings is 1. The summed E-state index contributed by atoms with van der Waals surface area (Å²) in [5.74, 6) is -0.182. The number of carbonyl (C=O) groups is 1. The maximum Gasteiger partial charge on any atom is 0.294 e. The molecule has 0 bridgehead atoms. The number of nitrogens with one attached hydrogen (secondary N) is 1. The molecule has 0 aliphatic heterocycles. The zero-order chi connectivity index (χ0) is 14.4. The Morgan fingerprint density at radius 3 is 2.60 bits per heavy atom. The molecule has 5 nitrogen and oxygen atoms in total. The maximum absolute atomic E-state index is 11.8. The molecule has 0 aliphatic rings. The highest BCUT2D eigenvalue weighted by Gasteiger charge is 2.13. The molecule has 0 saturated heterocycles. The van der Waals surface area contributed by atoms with E-state index in [-0.39, 0.29) is 17.8 Å². The molecule has 0 radical (unpaired) electrons. The lowest BCUT2D eigenvalue weighted by Crippen LogP contribution is -2.31. The number of hydrogen-bond donors (Lipinski definition) is 1. The molecule has 20 heavy (non-hydrogen) atoms. The summed E-state index contributed by atoms with van der Waals surface area (Å²) in [5.41, 5.74) is 1.04. The predicted octanol–water partition coefficient (Wildman–Crippen LogP) is 2.77. The summed E-state index contributed by atoms with van der Waals surface area (Å²) in [6, 6.07) is 13.0. The first-order valence-corrected chi connectivity index (χ1v) is 6.22. The maximum atomic E-state index is 11.8. The first-order chi connectivity index (χ1) is 9.70. The van der Waals surface area contributed by atoms with Crippen LogP contribution in [0.2, 0.25) is 0 Å². The van der Waals surface area contributed by atoms with Gasteiger partial charge in [0.15, 0.2) is 5.76 Å². The fraction of sp³-hybridized carbons (Fsp3) is 0.200. The van der Waals surface area contributed by atoms with Crippen LogP contribution in [0.3, 0.4) is 0 Å². The predicted molar refractivity (Wildman–Crippen MR) is 75.5 cm³/mol. The summed E-state index contributed by atoms with van der Waals surface area (Å²) in [6.45, 7) is 1.92. The van der Waals surface area contributed by atoms with Crippen molar-refractivity contribution >= 4 is 11.9 Å². The van der Waals surface area contributed by atoms with Crippen LogP contribution in [0.1, 0.15) is 29.1 Å². The summed E-state index contributed by atoms with van der Waals surface area (Å²) < 4.78 is 10.1. The number of methoxy groups -OCH3 is 1. The Hall–Kier alpha value is -2.56. The van der Waals surface area contributed by atoms with Crippen molar-refractivity contribution in [2.45, 2.75) is 13.0 Å². The number of nitrogens with zero attached hydrogens (tertiary/aromatic N) is 1. The van der Waals surface area contributed by atoms with Gasteiger partial charge in [0.2, 0.25) is 0 Å². The van der Waals surface area contributed by atoms with Crippen molar-refractivity contribution in [3.63, 3.8) is 0 Å². The third-order valence-corrected chi connectivity index (χ3v) is 2.75. The molecule has 104 valence electrons. The van der Waals surface area contributed by atoms with Crippen LogP contribution < -0.4 is 5.32 Å². The van der Waals surface area contributed by atoms with E-state index >= 15 is 0 Å². The van der Waals surface area contributed by atoms with Gasteiger partial charge in [0, 0.05) is 0 Å². The molecular formula is C15H16N2O3. The largest absolute Gasteiger partial charge is 0.468 e. The van der Waals surface area contributed by atoms with Crippen LogP contribution in [0.5, 0.6) is 0 Å². The van der Waals surface area contributed by atoms with Gasteiger partial charge < -0.3 is 9.15 Å². The third kappa shape index (κ3) is 3.47. The van der Waals surface area contributed by atoms with E-state index in [1.807, 2.05) is 37.3 Å². The summed E-state index contributed by atoms with van der Waals surface area (Å²) >= 11 is 0. The molecule has 0 aliphatic carbocycles. The monoisotopic (exact) mass is 272 g/mol. The van der Waals surface area contributed by atoms with E-state index in [9.17, 15) is 4.79 Å². The lowest BCUT2D eigenvalue weighted by atomic mass is 10.1. The first-order valence-electron chi connectivity index (χ1n) is 6.22. The minimum absolute atomic E-state index is 0.122. The number of amidine groups is 1. The quantitative estimate of drug-likeness (QED) is 0.690. The smallest absolute Gasteiger partial charge is 0.294 e. The SMILES string of the molecule is COC(=NC(C)c1ccccc1)NC(=O)c1ccco1. The van der Waals surface area contributed by atoms with E-state index in [1.165, 1.54) is 13.4 Å². The molecule has 1 unspecified atom stereocenters. The van der Waals surface area contributed by atoms with Crippen LogP contribution in [0, 0.1) is 0 Å². The average Bonchev–Trinajstić information content (AvgIpc) is 3.01. The number of furan rings is 1. The van der Waals surface area contributed by atoms with Gasteiger partial charge >= 0.3 is 0 Å². The molecule has 5 heteroatoms. The molecule has 0 spiro atoms. The standard InChI is InChI=1S/C15H16N2O3/c1-11(12-7-4-3-5-8-12)16-15(19-2)17-14(18)13-9-6-10-20-13/h3-11H,1-2H3,(H,16,17,18). The average molecular weight is 272 g/mol. The van der Waals surface area contributed by atoms with Crippen molar-refractivity contribution in [2.75, 3.05) is 7.11 Å². The molecule has 1 aromatic carbocycles. The number of aliphatic imine (C=N–C) groups is 1. The minimum Gasteiger partial charge on any atom is -0.468 e. The number of carbonyl (C=O) groups excluding carboxylic acids is 1. The minimum atomic E-state index is -0.393. The van der Waals surface area contributed by atoms with E-state index in [4.69, 9.17) is 9.15 Å². The van der Waals surface area contributed by atoms with Gasteiger partial charge in [0.1, 0.15) is 0 Å². The van der Waals surface area contributed by atoms with Crippen molar-refractivity contribution in [3.8, 4) is 0 Å². The van der Waals surface area contributed by atoms with E-state index in [0.717, 1.165) is 5.56 Å². The Labute approximate surface area is 117 Å². The second-order valence-electron chi connectivity index (χ2n) is 4.16. The number of hydrogen-bond acceptors (Lipinski definition) is 4.